The molecule has 4 rings (SSSR count). The van der Waals surface area contributed by atoms with E-state index in [1.54, 1.807) is 23.1 Å². The zero-order valence-corrected chi connectivity index (χ0v) is 12.6. The van der Waals surface area contributed by atoms with Crippen molar-refractivity contribution in [2.24, 2.45) is 0 Å². The maximum atomic E-state index is 11.0. The van der Waals surface area contributed by atoms with Crippen LogP contribution in [-0.2, 0) is 0 Å². The molecule has 0 aromatic heterocycles. The third-order valence-corrected chi connectivity index (χ3v) is 5.34. The highest BCUT2D eigenvalue weighted by atomic mass is 16.6. The summed E-state index contributed by atoms with van der Waals surface area (Å²) < 4.78 is 6.51. The number of nitrogens with one attached hydrogen (secondary N) is 1. The summed E-state index contributed by atoms with van der Waals surface area (Å²) in [6.07, 6.45) is 9.19. The lowest BCUT2D eigenvalue weighted by Crippen LogP contribution is -3.20. The molecule has 0 radical (unpaired) electrons. The minimum Gasteiger partial charge on any atom is -0.436 e. The summed E-state index contributed by atoms with van der Waals surface area (Å²) >= 11 is 0. The first-order chi connectivity index (χ1) is 10.7. The lowest BCUT2D eigenvalue weighted by Gasteiger charge is -2.44. The number of ether oxygens (including phenoxy) is 1. The monoisotopic (exact) mass is 301 g/mol. The summed E-state index contributed by atoms with van der Waals surface area (Å²) in [6.45, 7) is 2.33. The van der Waals surface area contributed by atoms with Crippen LogP contribution in [0.2, 0.25) is 0 Å². The third-order valence-electron chi connectivity index (χ3n) is 5.34. The zero-order chi connectivity index (χ0) is 15.2. The summed E-state index contributed by atoms with van der Waals surface area (Å²) in [5.74, 6) is 0.802. The molecular weight excluding hydrogens is 280 g/mol. The number of hydrogen-bond donors (Lipinski definition) is 1. The molecule has 1 saturated heterocycles. The molecule has 1 saturated carbocycles. The van der Waals surface area contributed by atoms with Crippen LogP contribution in [-0.4, -0.2) is 23.7 Å². The number of fused-ring (bicyclic) bond motifs is 2. The van der Waals surface area contributed by atoms with Crippen LogP contribution in [0.4, 0.5) is 5.69 Å². The Labute approximate surface area is 129 Å². The van der Waals surface area contributed by atoms with Crippen LogP contribution in [0.25, 0.3) is 6.08 Å². The molecule has 0 spiro atoms. The number of non-ortho nitro benzene ring substituents is 1. The first-order valence-electron chi connectivity index (χ1n) is 8.23. The third kappa shape index (κ3) is 2.03. The first-order valence-corrected chi connectivity index (χ1v) is 8.23. The van der Waals surface area contributed by atoms with Gasteiger partial charge in [-0.2, -0.15) is 0 Å². The molecule has 2 heterocycles. The Morgan fingerprint density at radius 2 is 2.00 bits per heavy atom. The van der Waals surface area contributed by atoms with E-state index in [1.807, 2.05) is 0 Å². The van der Waals surface area contributed by atoms with E-state index in [1.165, 1.54) is 44.3 Å². The maximum absolute atomic E-state index is 11.0. The van der Waals surface area contributed by atoms with Crippen molar-refractivity contribution in [1.82, 2.24) is 0 Å². The molecule has 2 aliphatic heterocycles. The van der Waals surface area contributed by atoms with Gasteiger partial charge in [-0.05, 0) is 31.4 Å². The number of nitro groups is 1. The topological polar surface area (TPSA) is 56.8 Å². The van der Waals surface area contributed by atoms with Crippen LogP contribution in [0.15, 0.2) is 23.8 Å². The molecule has 22 heavy (non-hydrogen) atoms. The highest BCUT2D eigenvalue weighted by Crippen LogP contribution is 2.41. The largest absolute Gasteiger partial charge is 0.436 e. The lowest BCUT2D eigenvalue weighted by atomic mass is 9.82. The minimum absolute atomic E-state index is 0.135. The molecule has 2 fully saturated rings. The van der Waals surface area contributed by atoms with E-state index < -0.39 is 0 Å². The van der Waals surface area contributed by atoms with E-state index >= 15 is 0 Å². The molecule has 1 N–H and O–H groups in total. The second-order valence-electron chi connectivity index (χ2n) is 6.60. The highest BCUT2D eigenvalue weighted by Gasteiger charge is 2.50. The first kappa shape index (κ1) is 13.8. The molecule has 0 amide bonds. The van der Waals surface area contributed by atoms with E-state index in [0.29, 0.717) is 0 Å². The number of nitro benzene ring substituents is 1. The molecule has 0 unspecified atom stereocenters. The van der Waals surface area contributed by atoms with Gasteiger partial charge < -0.3 is 4.74 Å². The second kappa shape index (κ2) is 5.09. The number of hydrogen-bond acceptors (Lipinski definition) is 3. The van der Waals surface area contributed by atoms with Crippen LogP contribution in [0.1, 0.15) is 44.1 Å². The van der Waals surface area contributed by atoms with E-state index in [9.17, 15) is 10.1 Å². The number of benzene rings is 1. The Balaban J connectivity index is 1.78. The van der Waals surface area contributed by atoms with Gasteiger partial charge in [-0.15, -0.1) is 0 Å². The Kier molecular flexibility index (Phi) is 3.18. The van der Waals surface area contributed by atoms with Gasteiger partial charge in [-0.1, -0.05) is 0 Å². The smallest absolute Gasteiger partial charge is 0.270 e. The fourth-order valence-electron chi connectivity index (χ4n) is 4.27. The van der Waals surface area contributed by atoms with Gasteiger partial charge in [0.15, 0.2) is 0 Å². The van der Waals surface area contributed by atoms with Crippen LogP contribution in [0.5, 0.6) is 5.75 Å². The molecule has 3 aliphatic rings. The van der Waals surface area contributed by atoms with Crippen LogP contribution >= 0.6 is 0 Å². The quantitative estimate of drug-likeness (QED) is 0.674. The van der Waals surface area contributed by atoms with Crippen LogP contribution in [0, 0.1) is 10.1 Å². The second-order valence-corrected chi connectivity index (χ2v) is 6.60. The van der Waals surface area contributed by atoms with Crippen molar-refractivity contribution < 1.29 is 14.6 Å². The SMILES string of the molecule is O=[N+]([O-])c1ccc2c(c1)C=C1CCCC[C@@]1([NH+]1CCCC1)O2. The molecule has 1 atom stereocenters. The standard InChI is InChI=1S/C17H20N2O3/c20-19(21)15-6-7-16-13(12-15)11-14-5-1-2-8-17(14,22-16)18-9-3-4-10-18/h6-7,11-12H,1-5,8-10H2/p+1/t17-/m1/s1. The summed E-state index contributed by atoms with van der Waals surface area (Å²) in [7, 11) is 0. The van der Waals surface area contributed by atoms with Crippen molar-refractivity contribution in [3.63, 3.8) is 0 Å². The molecular formula is C17H21N2O3+. The van der Waals surface area contributed by atoms with Gasteiger partial charge >= 0.3 is 0 Å². The predicted molar refractivity (Wildman–Crippen MR) is 82.8 cm³/mol. The normalized spacial score (nSPS) is 27.5. The molecule has 1 aromatic rings. The predicted octanol–water partition coefficient (Wildman–Crippen LogP) is 2.32. The van der Waals surface area contributed by atoms with Gasteiger partial charge in [-0.25, -0.2) is 0 Å². The van der Waals surface area contributed by atoms with Gasteiger partial charge in [0.25, 0.3) is 11.4 Å². The summed E-state index contributed by atoms with van der Waals surface area (Å²) in [4.78, 5) is 12.2. The van der Waals surface area contributed by atoms with Gasteiger partial charge in [0, 0.05) is 42.5 Å². The van der Waals surface area contributed by atoms with E-state index in [2.05, 4.69) is 6.08 Å². The average molecular weight is 301 g/mol. The van der Waals surface area contributed by atoms with Crippen molar-refractivity contribution in [2.75, 3.05) is 13.1 Å². The lowest BCUT2D eigenvalue weighted by molar-refractivity contribution is -0.958. The van der Waals surface area contributed by atoms with E-state index in [0.717, 1.165) is 24.2 Å². The van der Waals surface area contributed by atoms with Gasteiger partial charge in [0.05, 0.1) is 18.0 Å². The van der Waals surface area contributed by atoms with Crippen molar-refractivity contribution in [3.05, 3.63) is 39.4 Å². The Morgan fingerprint density at radius 1 is 1.18 bits per heavy atom. The Morgan fingerprint density at radius 3 is 2.77 bits per heavy atom. The van der Waals surface area contributed by atoms with Gasteiger partial charge in [0.2, 0.25) is 0 Å². The highest BCUT2D eigenvalue weighted by molar-refractivity contribution is 5.66. The number of quaternary nitrogens is 1. The molecule has 116 valence electrons. The van der Waals surface area contributed by atoms with Crippen molar-refractivity contribution >= 4 is 11.8 Å². The van der Waals surface area contributed by atoms with E-state index in [-0.39, 0.29) is 16.3 Å². The van der Waals surface area contributed by atoms with Crippen LogP contribution < -0.4 is 9.64 Å². The molecule has 5 nitrogen and oxygen atoms in total. The summed E-state index contributed by atoms with van der Waals surface area (Å²) in [6, 6.07) is 4.96. The minimum atomic E-state index is -0.340. The van der Waals surface area contributed by atoms with Crippen molar-refractivity contribution in [1.29, 1.82) is 0 Å². The van der Waals surface area contributed by atoms with Gasteiger partial charge in [-0.3, -0.25) is 15.0 Å². The zero-order valence-electron chi connectivity index (χ0n) is 12.6. The molecule has 0 bridgehead atoms. The fraction of sp³-hybridized carbons (Fsp3) is 0.529. The van der Waals surface area contributed by atoms with E-state index in [4.69, 9.17) is 4.74 Å². The summed E-state index contributed by atoms with van der Waals surface area (Å²) in [5.41, 5.74) is 2.12. The average Bonchev–Trinajstić information content (AvgIpc) is 3.07. The summed E-state index contributed by atoms with van der Waals surface area (Å²) in [5, 5.41) is 11.0. The van der Waals surface area contributed by atoms with Gasteiger partial charge in [0.1, 0.15) is 5.75 Å². The van der Waals surface area contributed by atoms with Crippen molar-refractivity contribution in [3.8, 4) is 5.75 Å². The number of nitrogens with zero attached hydrogens (tertiary/aromatic N) is 1. The number of rotatable bonds is 2. The van der Waals surface area contributed by atoms with Crippen molar-refractivity contribution in [2.45, 2.75) is 44.2 Å². The Bertz CT molecular complexity index is 649. The molecule has 1 aliphatic carbocycles. The maximum Gasteiger partial charge on any atom is 0.270 e. The number of likely N-dealkylation sites (tertiary alicyclic amines) is 1. The Hall–Kier alpha value is -1.88. The molecule has 5 heteroatoms. The molecule has 1 aromatic carbocycles. The fourth-order valence-corrected chi connectivity index (χ4v) is 4.27. The van der Waals surface area contributed by atoms with Crippen LogP contribution in [0.3, 0.4) is 0 Å².